The second-order valence-corrected chi connectivity index (χ2v) is 10.2. The highest BCUT2D eigenvalue weighted by Gasteiger charge is 2.25. The van der Waals surface area contributed by atoms with Gasteiger partial charge in [0.15, 0.2) is 16.0 Å². The van der Waals surface area contributed by atoms with Gasteiger partial charge in [-0.05, 0) is 41.7 Å². The van der Waals surface area contributed by atoms with E-state index in [0.717, 1.165) is 53.1 Å². The molecule has 0 unspecified atom stereocenters. The van der Waals surface area contributed by atoms with Gasteiger partial charge in [0.25, 0.3) is 0 Å². The summed E-state index contributed by atoms with van der Waals surface area (Å²) in [6.45, 7) is 4.52. The largest absolute Gasteiger partial charge is 0.464 e. The van der Waals surface area contributed by atoms with Crippen LogP contribution in [-0.4, -0.2) is 36.6 Å². The highest BCUT2D eigenvalue weighted by Crippen LogP contribution is 2.34. The number of aromatic nitrogens is 2. The fraction of sp³-hybridized carbons (Fsp3) is 0.320. The Bertz CT molecular complexity index is 1280. The van der Waals surface area contributed by atoms with Crippen molar-refractivity contribution in [1.82, 2.24) is 9.97 Å². The minimum atomic E-state index is -0.357. The van der Waals surface area contributed by atoms with Gasteiger partial charge < -0.3 is 14.5 Å². The number of nitrogens with zero attached hydrogens (tertiary/aromatic N) is 4. The molecule has 0 fully saturated rings. The number of hydrogen-bond acceptors (Lipinski definition) is 8. The molecule has 8 heteroatoms. The zero-order chi connectivity index (χ0) is 22.9. The van der Waals surface area contributed by atoms with Gasteiger partial charge in [-0.3, -0.25) is 0 Å². The standard InChI is InChI=1S/C25H26N4O2S2/c1-4-20-22(23(30)31-3)27-25(32-20)29-13-12-16-8-7-9-17(18(16)15-29)14-28(2)24-26-19-10-5-6-11-21(19)33-24/h5-11H,4,12-15H2,1-3H3. The molecule has 1 aliphatic heterocycles. The van der Waals surface area contributed by atoms with Crippen LogP contribution >= 0.6 is 22.7 Å². The molecule has 0 saturated carbocycles. The van der Waals surface area contributed by atoms with Crippen LogP contribution in [0.2, 0.25) is 0 Å². The third-order valence-corrected chi connectivity index (χ3v) is 8.45. The smallest absolute Gasteiger partial charge is 0.357 e. The molecule has 0 radical (unpaired) electrons. The quantitative estimate of drug-likeness (QED) is 0.351. The fourth-order valence-corrected chi connectivity index (χ4v) is 6.22. The number of rotatable bonds is 6. The van der Waals surface area contributed by atoms with Gasteiger partial charge >= 0.3 is 5.97 Å². The Labute approximate surface area is 201 Å². The Morgan fingerprint density at radius 3 is 2.79 bits per heavy atom. The first-order valence-electron chi connectivity index (χ1n) is 11.1. The van der Waals surface area contributed by atoms with Crippen molar-refractivity contribution in [3.8, 4) is 0 Å². The summed E-state index contributed by atoms with van der Waals surface area (Å²) in [7, 11) is 3.51. The van der Waals surface area contributed by atoms with Crippen molar-refractivity contribution >= 4 is 49.1 Å². The molecule has 0 atom stereocenters. The molecule has 5 rings (SSSR count). The highest BCUT2D eigenvalue weighted by molar-refractivity contribution is 7.22. The lowest BCUT2D eigenvalue weighted by Crippen LogP contribution is -2.32. The molecule has 2 aromatic heterocycles. The van der Waals surface area contributed by atoms with E-state index in [0.29, 0.717) is 5.69 Å². The van der Waals surface area contributed by atoms with Gasteiger partial charge in [-0.1, -0.05) is 48.6 Å². The molecule has 170 valence electrons. The number of carbonyl (C=O) groups excluding carboxylic acids is 1. The van der Waals surface area contributed by atoms with E-state index >= 15 is 0 Å². The number of benzene rings is 2. The summed E-state index contributed by atoms with van der Waals surface area (Å²) in [5, 5.41) is 1.92. The van der Waals surface area contributed by atoms with Crippen molar-refractivity contribution in [3.05, 3.63) is 69.7 Å². The Kier molecular flexibility index (Phi) is 6.03. The van der Waals surface area contributed by atoms with E-state index in [4.69, 9.17) is 9.72 Å². The number of esters is 1. The lowest BCUT2D eigenvalue weighted by atomic mass is 9.95. The summed E-state index contributed by atoms with van der Waals surface area (Å²) in [5.41, 5.74) is 5.54. The lowest BCUT2D eigenvalue weighted by Gasteiger charge is -2.31. The Morgan fingerprint density at radius 1 is 1.15 bits per heavy atom. The van der Waals surface area contributed by atoms with Crippen molar-refractivity contribution in [2.45, 2.75) is 32.9 Å². The number of ether oxygens (including phenoxy) is 1. The van der Waals surface area contributed by atoms with Gasteiger partial charge in [-0.2, -0.15) is 0 Å². The van der Waals surface area contributed by atoms with Crippen molar-refractivity contribution in [2.24, 2.45) is 0 Å². The number of methoxy groups -OCH3 is 1. The molecule has 0 aliphatic carbocycles. The SMILES string of the molecule is CCc1sc(N2CCc3cccc(CN(C)c4nc5ccccc5s4)c3C2)nc1C(=O)OC. The van der Waals surface area contributed by atoms with Crippen LogP contribution in [0.4, 0.5) is 10.3 Å². The number of anilines is 2. The van der Waals surface area contributed by atoms with Crippen LogP contribution in [0, 0.1) is 0 Å². The minimum absolute atomic E-state index is 0.357. The molecular formula is C25H26N4O2S2. The van der Waals surface area contributed by atoms with Crippen LogP contribution in [0.15, 0.2) is 42.5 Å². The van der Waals surface area contributed by atoms with Gasteiger partial charge in [0.1, 0.15) is 0 Å². The second-order valence-electron chi connectivity index (χ2n) is 8.16. The molecular weight excluding hydrogens is 452 g/mol. The van der Waals surface area contributed by atoms with Crippen LogP contribution in [0.3, 0.4) is 0 Å². The van der Waals surface area contributed by atoms with E-state index < -0.39 is 0 Å². The highest BCUT2D eigenvalue weighted by atomic mass is 32.1. The predicted octanol–water partition coefficient (Wildman–Crippen LogP) is 5.30. The second kappa shape index (κ2) is 9.11. The Hall–Kier alpha value is -2.97. The van der Waals surface area contributed by atoms with E-state index in [2.05, 4.69) is 58.2 Å². The Balaban J connectivity index is 1.40. The van der Waals surface area contributed by atoms with Gasteiger partial charge in [-0.15, -0.1) is 11.3 Å². The summed E-state index contributed by atoms with van der Waals surface area (Å²) in [6.07, 6.45) is 1.73. The molecule has 4 aromatic rings. The molecule has 6 nitrogen and oxygen atoms in total. The summed E-state index contributed by atoms with van der Waals surface area (Å²) in [6, 6.07) is 14.9. The van der Waals surface area contributed by atoms with Crippen molar-refractivity contribution in [2.75, 3.05) is 30.5 Å². The first kappa shape index (κ1) is 21.9. The summed E-state index contributed by atoms with van der Waals surface area (Å²) in [5.74, 6) is -0.357. The lowest BCUT2D eigenvalue weighted by molar-refractivity contribution is 0.0594. The third-order valence-electron chi connectivity index (χ3n) is 6.04. The Morgan fingerprint density at radius 2 is 2.00 bits per heavy atom. The van der Waals surface area contributed by atoms with Crippen LogP contribution in [-0.2, 0) is 30.7 Å². The van der Waals surface area contributed by atoms with Crippen LogP contribution in [0.5, 0.6) is 0 Å². The maximum absolute atomic E-state index is 12.2. The predicted molar refractivity (Wildman–Crippen MR) is 136 cm³/mol. The average Bonchev–Trinajstić information content (AvgIpc) is 3.48. The molecule has 3 heterocycles. The fourth-order valence-electron chi connectivity index (χ4n) is 4.28. The minimum Gasteiger partial charge on any atom is -0.464 e. The third kappa shape index (κ3) is 4.20. The molecule has 0 N–H and O–H groups in total. The zero-order valence-electron chi connectivity index (χ0n) is 19.0. The van der Waals surface area contributed by atoms with E-state index in [1.807, 2.05) is 13.0 Å². The summed E-state index contributed by atoms with van der Waals surface area (Å²) in [4.78, 5) is 27.1. The van der Waals surface area contributed by atoms with Crippen LogP contribution < -0.4 is 9.80 Å². The first-order valence-corrected chi connectivity index (χ1v) is 12.7. The normalized spacial score (nSPS) is 13.2. The van der Waals surface area contributed by atoms with Crippen molar-refractivity contribution in [1.29, 1.82) is 0 Å². The van der Waals surface area contributed by atoms with E-state index in [-0.39, 0.29) is 5.97 Å². The van der Waals surface area contributed by atoms with Crippen LogP contribution in [0.1, 0.15) is 39.0 Å². The molecule has 0 saturated heterocycles. The summed E-state index contributed by atoms with van der Waals surface area (Å²) < 4.78 is 6.14. The molecule has 33 heavy (non-hydrogen) atoms. The van der Waals surface area contributed by atoms with Gasteiger partial charge in [-0.25, -0.2) is 14.8 Å². The van der Waals surface area contributed by atoms with Gasteiger partial charge in [0.2, 0.25) is 0 Å². The average molecular weight is 479 g/mol. The monoisotopic (exact) mass is 478 g/mol. The van der Waals surface area contributed by atoms with Crippen LogP contribution in [0.25, 0.3) is 10.2 Å². The maximum atomic E-state index is 12.2. The maximum Gasteiger partial charge on any atom is 0.357 e. The van der Waals surface area contributed by atoms with Crippen molar-refractivity contribution < 1.29 is 9.53 Å². The van der Waals surface area contributed by atoms with Crippen molar-refractivity contribution in [3.63, 3.8) is 0 Å². The van der Waals surface area contributed by atoms with Gasteiger partial charge in [0, 0.05) is 31.6 Å². The number of carbonyl (C=O) groups is 1. The summed E-state index contributed by atoms with van der Waals surface area (Å²) >= 11 is 3.32. The molecule has 0 spiro atoms. The first-order chi connectivity index (χ1) is 16.1. The van der Waals surface area contributed by atoms with E-state index in [1.165, 1.54) is 28.5 Å². The number of aryl methyl sites for hydroxylation is 1. The number of hydrogen-bond donors (Lipinski definition) is 0. The number of thiazole rings is 2. The molecule has 2 aromatic carbocycles. The molecule has 0 bridgehead atoms. The van der Waals surface area contributed by atoms with Gasteiger partial charge in [0.05, 0.1) is 17.3 Å². The van der Waals surface area contributed by atoms with E-state index in [9.17, 15) is 4.79 Å². The topological polar surface area (TPSA) is 58.6 Å². The molecule has 1 aliphatic rings. The molecule has 0 amide bonds. The zero-order valence-corrected chi connectivity index (χ0v) is 20.6. The number of para-hydroxylation sites is 1. The number of fused-ring (bicyclic) bond motifs is 2. The van der Waals surface area contributed by atoms with E-state index in [1.54, 1.807) is 22.7 Å².